The Hall–Kier alpha value is -3.63. The van der Waals surface area contributed by atoms with Crippen LogP contribution in [0.4, 0.5) is 0 Å². The first kappa shape index (κ1) is 34.9. The number of nitrogens with one attached hydrogen (secondary N) is 3. The number of carbonyl (C=O) groups excluding carboxylic acids is 3. The number of esters is 1. The average molecular weight is 612 g/mol. The fourth-order valence-electron chi connectivity index (χ4n) is 6.54. The minimum atomic E-state index is -0.879. The summed E-state index contributed by atoms with van der Waals surface area (Å²) >= 11 is 0. The highest BCUT2D eigenvalue weighted by Crippen LogP contribution is 2.33. The number of amides is 2. The topological polar surface area (TPSA) is 199 Å². The molecular weight excluding hydrogens is 558 g/mol. The molecule has 44 heavy (non-hydrogen) atoms. The highest BCUT2D eigenvalue weighted by molar-refractivity contribution is 5.95. The lowest BCUT2D eigenvalue weighted by atomic mass is 9.76. The number of carbonyl (C=O) groups is 3. The lowest BCUT2D eigenvalue weighted by molar-refractivity contribution is -0.152. The number of amidine groups is 1. The molecule has 0 aromatic heterocycles. The van der Waals surface area contributed by atoms with Gasteiger partial charge in [0.05, 0.1) is 6.10 Å². The average Bonchev–Trinajstić information content (AvgIpc) is 3.00. The Morgan fingerprint density at radius 2 is 1.48 bits per heavy atom. The maximum Gasteiger partial charge on any atom is 0.328 e. The molecule has 11 heteroatoms. The SMILES string of the molecule is CC(C)OC(=O)C(CCCN=C(N)N)NC(=O)C(NC(=O)C(Cc1ccc(C(=N)N)cc1)C1CCCCC1)C1CCCCC1. The minimum Gasteiger partial charge on any atom is -0.461 e. The first-order valence-electron chi connectivity index (χ1n) is 16.3. The first-order valence-corrected chi connectivity index (χ1v) is 16.3. The molecule has 3 rings (SSSR count). The van der Waals surface area contributed by atoms with Crippen LogP contribution in [0.2, 0.25) is 0 Å². The van der Waals surface area contributed by atoms with Crippen molar-refractivity contribution in [3.05, 3.63) is 35.4 Å². The number of benzene rings is 1. The van der Waals surface area contributed by atoms with Gasteiger partial charge in [0.1, 0.15) is 17.9 Å². The Balaban J connectivity index is 1.82. The third kappa shape index (κ3) is 11.1. The summed E-state index contributed by atoms with van der Waals surface area (Å²) < 4.78 is 5.46. The van der Waals surface area contributed by atoms with Crippen LogP contribution >= 0.6 is 0 Å². The summed E-state index contributed by atoms with van der Waals surface area (Å²) in [7, 11) is 0. The maximum absolute atomic E-state index is 14.1. The predicted octanol–water partition coefficient (Wildman–Crippen LogP) is 3.26. The summed E-state index contributed by atoms with van der Waals surface area (Å²) in [5, 5.41) is 13.8. The van der Waals surface area contributed by atoms with Crippen molar-refractivity contribution in [3.8, 4) is 0 Å². The Kier molecular flexibility index (Phi) is 14.0. The predicted molar refractivity (Wildman–Crippen MR) is 173 cm³/mol. The van der Waals surface area contributed by atoms with Crippen molar-refractivity contribution in [2.45, 2.75) is 116 Å². The van der Waals surface area contributed by atoms with Crippen LogP contribution in [0.3, 0.4) is 0 Å². The highest BCUT2D eigenvalue weighted by atomic mass is 16.5. The van der Waals surface area contributed by atoms with Crippen molar-refractivity contribution in [1.82, 2.24) is 10.6 Å². The number of hydrogen-bond acceptors (Lipinski definition) is 6. The lowest BCUT2D eigenvalue weighted by Crippen LogP contribution is -2.56. The Morgan fingerprint density at radius 3 is 2.02 bits per heavy atom. The van der Waals surface area contributed by atoms with E-state index in [0.29, 0.717) is 31.4 Å². The van der Waals surface area contributed by atoms with Crippen LogP contribution in [0, 0.1) is 23.2 Å². The van der Waals surface area contributed by atoms with Gasteiger partial charge in [0.15, 0.2) is 5.96 Å². The largest absolute Gasteiger partial charge is 0.461 e. The third-order valence-electron chi connectivity index (χ3n) is 8.88. The molecule has 1 aromatic carbocycles. The molecule has 0 bridgehead atoms. The van der Waals surface area contributed by atoms with E-state index in [2.05, 4.69) is 15.6 Å². The second-order valence-electron chi connectivity index (χ2n) is 12.7. The number of aliphatic imine (C=N–C) groups is 1. The molecule has 2 fully saturated rings. The van der Waals surface area contributed by atoms with E-state index in [0.717, 1.165) is 63.4 Å². The monoisotopic (exact) mass is 611 g/mol. The van der Waals surface area contributed by atoms with E-state index in [1.807, 2.05) is 24.3 Å². The van der Waals surface area contributed by atoms with Crippen molar-refractivity contribution in [2.24, 2.45) is 39.9 Å². The van der Waals surface area contributed by atoms with Gasteiger partial charge in [-0.3, -0.25) is 20.0 Å². The van der Waals surface area contributed by atoms with Crippen LogP contribution in [0.25, 0.3) is 0 Å². The quantitative estimate of drug-likeness (QED) is 0.0756. The number of nitrogens with zero attached hydrogens (tertiary/aromatic N) is 1. The number of ether oxygens (including phenoxy) is 1. The molecule has 0 heterocycles. The van der Waals surface area contributed by atoms with Gasteiger partial charge in [-0.15, -0.1) is 0 Å². The van der Waals surface area contributed by atoms with Crippen molar-refractivity contribution in [1.29, 1.82) is 5.41 Å². The zero-order chi connectivity index (χ0) is 32.1. The van der Waals surface area contributed by atoms with Gasteiger partial charge in [-0.2, -0.15) is 0 Å². The van der Waals surface area contributed by atoms with E-state index in [1.54, 1.807) is 13.8 Å². The number of rotatable bonds is 15. The number of nitrogens with two attached hydrogens (primary N) is 3. The van der Waals surface area contributed by atoms with Crippen LogP contribution in [-0.2, 0) is 25.5 Å². The van der Waals surface area contributed by atoms with Crippen molar-refractivity contribution in [2.75, 3.05) is 6.54 Å². The number of nitrogen functional groups attached to an aromatic ring is 1. The molecule has 2 amide bonds. The maximum atomic E-state index is 14.1. The fraction of sp³-hybridized carbons (Fsp3) is 0.667. The van der Waals surface area contributed by atoms with E-state index in [9.17, 15) is 14.4 Å². The molecule has 1 aromatic rings. The van der Waals surface area contributed by atoms with Crippen LogP contribution in [0.1, 0.15) is 102 Å². The van der Waals surface area contributed by atoms with Crippen molar-refractivity contribution < 1.29 is 19.1 Å². The molecule has 0 saturated heterocycles. The highest BCUT2D eigenvalue weighted by Gasteiger charge is 2.37. The van der Waals surface area contributed by atoms with Crippen LogP contribution in [-0.4, -0.2) is 54.3 Å². The Bertz CT molecular complexity index is 1120. The second-order valence-corrected chi connectivity index (χ2v) is 12.7. The van der Waals surface area contributed by atoms with Crippen LogP contribution in [0.5, 0.6) is 0 Å². The van der Waals surface area contributed by atoms with Gasteiger partial charge in [-0.1, -0.05) is 62.8 Å². The smallest absolute Gasteiger partial charge is 0.328 e. The molecule has 2 aliphatic rings. The van der Waals surface area contributed by atoms with Gasteiger partial charge in [0, 0.05) is 18.0 Å². The van der Waals surface area contributed by atoms with Gasteiger partial charge in [0.2, 0.25) is 11.8 Å². The molecule has 0 radical (unpaired) electrons. The van der Waals surface area contributed by atoms with E-state index >= 15 is 0 Å². The molecule has 3 atom stereocenters. The molecule has 2 saturated carbocycles. The summed E-state index contributed by atoms with van der Waals surface area (Å²) in [6.07, 6.45) is 11.1. The van der Waals surface area contributed by atoms with Crippen LogP contribution < -0.4 is 27.8 Å². The van der Waals surface area contributed by atoms with Crippen molar-refractivity contribution in [3.63, 3.8) is 0 Å². The van der Waals surface area contributed by atoms with Crippen molar-refractivity contribution >= 4 is 29.6 Å². The van der Waals surface area contributed by atoms with E-state index in [-0.39, 0.29) is 47.5 Å². The minimum absolute atomic E-state index is 0.00581. The lowest BCUT2D eigenvalue weighted by Gasteiger charge is -2.34. The van der Waals surface area contributed by atoms with Gasteiger partial charge >= 0.3 is 5.97 Å². The summed E-state index contributed by atoms with van der Waals surface area (Å²) in [6, 6.07) is 5.86. The summed E-state index contributed by atoms with van der Waals surface area (Å²) in [5.74, 6) is -1.10. The van der Waals surface area contributed by atoms with Gasteiger partial charge in [0.25, 0.3) is 0 Å². The number of hydrogen-bond donors (Lipinski definition) is 6. The second kappa shape index (κ2) is 17.6. The summed E-state index contributed by atoms with van der Waals surface area (Å²) in [4.78, 5) is 45.1. The fourth-order valence-corrected chi connectivity index (χ4v) is 6.54. The Labute approximate surface area is 262 Å². The molecule has 3 unspecified atom stereocenters. The Morgan fingerprint density at radius 1 is 0.886 bits per heavy atom. The number of guanidine groups is 1. The summed E-state index contributed by atoms with van der Waals surface area (Å²) in [5.41, 5.74) is 18.2. The van der Waals surface area contributed by atoms with E-state index in [4.69, 9.17) is 27.3 Å². The van der Waals surface area contributed by atoms with E-state index in [1.165, 1.54) is 6.42 Å². The van der Waals surface area contributed by atoms with Gasteiger partial charge in [-0.25, -0.2) is 4.79 Å². The molecular formula is C33H53N7O4. The molecule has 244 valence electrons. The zero-order valence-electron chi connectivity index (χ0n) is 26.5. The van der Waals surface area contributed by atoms with E-state index < -0.39 is 18.1 Å². The standard InChI is InChI=1S/C33H53N7O4/c1-21(2)44-32(43)27(14-9-19-38-33(36)37)39-31(42)28(24-12-7-4-8-13-24)40-30(41)26(23-10-5-3-6-11-23)20-22-15-17-25(18-16-22)29(34)35/h15-18,21,23-24,26-28H,3-14,19-20H2,1-2H3,(H3,34,35)(H,39,42)(H,40,41)(H4,36,37,38). The molecule has 9 N–H and O–H groups in total. The van der Waals surface area contributed by atoms with Gasteiger partial charge in [-0.05, 0) is 76.2 Å². The molecule has 0 aliphatic heterocycles. The first-order chi connectivity index (χ1) is 21.0. The third-order valence-corrected chi connectivity index (χ3v) is 8.88. The molecule has 2 aliphatic carbocycles. The summed E-state index contributed by atoms with van der Waals surface area (Å²) in [6.45, 7) is 3.85. The molecule has 0 spiro atoms. The van der Waals surface area contributed by atoms with Crippen LogP contribution in [0.15, 0.2) is 29.3 Å². The van der Waals surface area contributed by atoms with Gasteiger partial charge < -0.3 is 32.6 Å². The normalized spacial score (nSPS) is 18.1. The molecule has 11 nitrogen and oxygen atoms in total. The zero-order valence-corrected chi connectivity index (χ0v) is 26.5.